The molecular weight excluding hydrogens is 340 g/mol. The number of hydrogen-bond acceptors (Lipinski definition) is 5. The Bertz CT molecular complexity index is 732. The van der Waals surface area contributed by atoms with Crippen LogP contribution in [0.25, 0.3) is 11.5 Å². The summed E-state index contributed by atoms with van der Waals surface area (Å²) in [6.07, 6.45) is 5.05. The summed E-state index contributed by atoms with van der Waals surface area (Å²) in [7, 11) is 0. The van der Waals surface area contributed by atoms with Crippen LogP contribution in [0.4, 0.5) is 0 Å². The van der Waals surface area contributed by atoms with Gasteiger partial charge in [-0.15, -0.1) is 0 Å². The third-order valence-corrected chi connectivity index (χ3v) is 3.14. The third-order valence-electron chi connectivity index (χ3n) is 2.74. The molecule has 3 heterocycles. The molecule has 0 atom stereocenters. The maximum absolute atomic E-state index is 11.9. The number of amides is 1. The van der Waals surface area contributed by atoms with E-state index in [-0.39, 0.29) is 11.6 Å². The first-order chi connectivity index (χ1) is 10.2. The van der Waals surface area contributed by atoms with Crippen LogP contribution in [0.1, 0.15) is 10.5 Å². The Morgan fingerprint density at radius 3 is 3.05 bits per heavy atom. The van der Waals surface area contributed by atoms with Crippen molar-refractivity contribution in [3.05, 3.63) is 47.0 Å². The van der Waals surface area contributed by atoms with E-state index in [9.17, 15) is 4.79 Å². The van der Waals surface area contributed by atoms with E-state index in [1.807, 2.05) is 6.20 Å². The number of nitrogens with zero attached hydrogens (tertiary/aromatic N) is 3. The fourth-order valence-electron chi connectivity index (χ4n) is 1.75. The van der Waals surface area contributed by atoms with Crippen LogP contribution in [0.5, 0.6) is 0 Å². The summed E-state index contributed by atoms with van der Waals surface area (Å²) in [6, 6.07) is 5.01. The van der Waals surface area contributed by atoms with Crippen molar-refractivity contribution >= 4 is 21.8 Å². The van der Waals surface area contributed by atoms with E-state index in [4.69, 9.17) is 8.94 Å². The van der Waals surface area contributed by atoms with E-state index in [1.165, 1.54) is 6.26 Å². The molecule has 0 spiro atoms. The van der Waals surface area contributed by atoms with Crippen molar-refractivity contribution in [3.8, 4) is 11.5 Å². The van der Waals surface area contributed by atoms with E-state index < -0.39 is 0 Å². The van der Waals surface area contributed by atoms with Gasteiger partial charge in [-0.1, -0.05) is 5.16 Å². The van der Waals surface area contributed by atoms with E-state index in [0.717, 1.165) is 4.47 Å². The van der Waals surface area contributed by atoms with Crippen LogP contribution in [0.3, 0.4) is 0 Å². The van der Waals surface area contributed by atoms with Crippen molar-refractivity contribution in [2.75, 3.05) is 6.54 Å². The number of halogens is 1. The second-order valence-corrected chi connectivity index (χ2v) is 5.15. The largest absolute Gasteiger partial charge is 0.461 e. The predicted molar refractivity (Wildman–Crippen MR) is 76.5 cm³/mol. The van der Waals surface area contributed by atoms with Crippen molar-refractivity contribution < 1.29 is 13.7 Å². The molecule has 0 aliphatic carbocycles. The zero-order chi connectivity index (χ0) is 14.7. The zero-order valence-corrected chi connectivity index (χ0v) is 12.4. The van der Waals surface area contributed by atoms with Crippen LogP contribution in [0.15, 0.2) is 50.3 Å². The van der Waals surface area contributed by atoms with Crippen molar-refractivity contribution in [2.45, 2.75) is 6.54 Å². The molecule has 0 fully saturated rings. The molecule has 0 aromatic carbocycles. The lowest BCUT2D eigenvalue weighted by molar-refractivity contribution is 0.0943. The van der Waals surface area contributed by atoms with Crippen LogP contribution in [-0.2, 0) is 6.54 Å². The van der Waals surface area contributed by atoms with Crippen molar-refractivity contribution in [2.24, 2.45) is 0 Å². The molecule has 0 aliphatic heterocycles. The third kappa shape index (κ3) is 3.22. The summed E-state index contributed by atoms with van der Waals surface area (Å²) < 4.78 is 12.9. The smallest absolute Gasteiger partial charge is 0.273 e. The number of carbonyl (C=O) groups is 1. The van der Waals surface area contributed by atoms with Gasteiger partial charge in [-0.05, 0) is 28.1 Å². The minimum Gasteiger partial charge on any atom is -0.461 e. The highest BCUT2D eigenvalue weighted by Gasteiger charge is 2.14. The van der Waals surface area contributed by atoms with E-state index in [0.29, 0.717) is 24.6 Å². The van der Waals surface area contributed by atoms with E-state index in [1.54, 1.807) is 29.1 Å². The number of carbonyl (C=O) groups excluding carboxylic acids is 1. The van der Waals surface area contributed by atoms with Gasteiger partial charge in [0.2, 0.25) is 5.76 Å². The number of furan rings is 1. The summed E-state index contributed by atoms with van der Waals surface area (Å²) >= 11 is 3.31. The van der Waals surface area contributed by atoms with Gasteiger partial charge in [-0.3, -0.25) is 9.48 Å². The van der Waals surface area contributed by atoms with E-state index >= 15 is 0 Å². The monoisotopic (exact) mass is 350 g/mol. The molecule has 1 amide bonds. The molecule has 3 aromatic rings. The first-order valence-corrected chi connectivity index (χ1v) is 6.98. The molecule has 21 heavy (non-hydrogen) atoms. The van der Waals surface area contributed by atoms with Crippen molar-refractivity contribution in [3.63, 3.8) is 0 Å². The zero-order valence-electron chi connectivity index (χ0n) is 10.8. The summed E-state index contributed by atoms with van der Waals surface area (Å²) in [4.78, 5) is 11.9. The highest BCUT2D eigenvalue weighted by atomic mass is 79.9. The number of rotatable bonds is 5. The Morgan fingerprint density at radius 1 is 1.43 bits per heavy atom. The number of nitrogens with one attached hydrogen (secondary N) is 1. The maximum atomic E-state index is 11.9. The van der Waals surface area contributed by atoms with Gasteiger partial charge in [0.1, 0.15) is 0 Å². The molecule has 0 saturated heterocycles. The normalized spacial score (nSPS) is 10.7. The molecule has 108 valence electrons. The van der Waals surface area contributed by atoms with Crippen LogP contribution in [0, 0.1) is 0 Å². The topological polar surface area (TPSA) is 86.1 Å². The van der Waals surface area contributed by atoms with Gasteiger partial charge < -0.3 is 14.3 Å². The van der Waals surface area contributed by atoms with Crippen LogP contribution in [0.2, 0.25) is 0 Å². The maximum Gasteiger partial charge on any atom is 0.273 e. The molecule has 0 bridgehead atoms. The second kappa shape index (κ2) is 5.96. The minimum atomic E-state index is -0.303. The quantitative estimate of drug-likeness (QED) is 0.762. The van der Waals surface area contributed by atoms with Gasteiger partial charge in [0.15, 0.2) is 11.5 Å². The number of aromatic nitrogens is 3. The highest BCUT2D eigenvalue weighted by Crippen LogP contribution is 2.20. The molecule has 0 unspecified atom stereocenters. The second-order valence-electron chi connectivity index (χ2n) is 4.23. The fraction of sp³-hybridized carbons (Fsp3) is 0.154. The first kappa shape index (κ1) is 13.6. The lowest BCUT2D eigenvalue weighted by atomic mass is 10.3. The lowest BCUT2D eigenvalue weighted by Crippen LogP contribution is -2.27. The van der Waals surface area contributed by atoms with Crippen molar-refractivity contribution in [1.82, 2.24) is 20.3 Å². The summed E-state index contributed by atoms with van der Waals surface area (Å²) in [5.74, 6) is 0.645. The van der Waals surface area contributed by atoms with Gasteiger partial charge in [-0.2, -0.15) is 5.10 Å². The molecule has 3 rings (SSSR count). The molecular formula is C13H11BrN4O3. The fourth-order valence-corrected chi connectivity index (χ4v) is 2.08. The molecule has 0 aliphatic rings. The van der Waals surface area contributed by atoms with Gasteiger partial charge in [0, 0.05) is 18.8 Å². The van der Waals surface area contributed by atoms with Crippen LogP contribution >= 0.6 is 15.9 Å². The highest BCUT2D eigenvalue weighted by molar-refractivity contribution is 9.10. The summed E-state index contributed by atoms with van der Waals surface area (Å²) in [6.45, 7) is 1.01. The SMILES string of the molecule is O=C(NCCn1cc(Br)cn1)c1cc(-c2ccco2)on1. The Labute approximate surface area is 128 Å². The molecule has 3 aromatic heterocycles. The lowest BCUT2D eigenvalue weighted by Gasteiger charge is -2.02. The van der Waals surface area contributed by atoms with Crippen LogP contribution < -0.4 is 5.32 Å². The van der Waals surface area contributed by atoms with Crippen LogP contribution in [-0.4, -0.2) is 27.4 Å². The predicted octanol–water partition coefficient (Wildman–Crippen LogP) is 2.32. The first-order valence-electron chi connectivity index (χ1n) is 6.19. The summed E-state index contributed by atoms with van der Waals surface area (Å²) in [5.41, 5.74) is 0.211. The Balaban J connectivity index is 1.56. The van der Waals surface area contributed by atoms with Gasteiger partial charge in [0.05, 0.1) is 23.5 Å². The molecule has 0 radical (unpaired) electrons. The van der Waals surface area contributed by atoms with Gasteiger partial charge >= 0.3 is 0 Å². The van der Waals surface area contributed by atoms with Crippen molar-refractivity contribution in [1.29, 1.82) is 0 Å². The Morgan fingerprint density at radius 2 is 2.33 bits per heavy atom. The molecule has 1 N–H and O–H groups in total. The molecule has 8 heteroatoms. The molecule has 0 saturated carbocycles. The number of hydrogen-bond donors (Lipinski definition) is 1. The Hall–Kier alpha value is -2.35. The summed E-state index contributed by atoms with van der Waals surface area (Å²) in [5, 5.41) is 10.6. The average Bonchev–Trinajstić information content (AvgIpc) is 3.19. The molecule has 7 nitrogen and oxygen atoms in total. The van der Waals surface area contributed by atoms with Gasteiger partial charge in [0.25, 0.3) is 5.91 Å². The standard InChI is InChI=1S/C13H11BrN4O3/c14-9-7-16-18(8-9)4-3-15-13(19)10-6-12(21-17-10)11-2-1-5-20-11/h1-2,5-8H,3-4H2,(H,15,19). The van der Waals surface area contributed by atoms with E-state index in [2.05, 4.69) is 31.5 Å². The minimum absolute atomic E-state index is 0.211. The Kier molecular flexibility index (Phi) is 3.87. The average molecular weight is 351 g/mol. The van der Waals surface area contributed by atoms with Gasteiger partial charge in [-0.25, -0.2) is 0 Å².